The maximum Gasteiger partial charge on any atom is 0.319 e. The van der Waals surface area contributed by atoms with E-state index in [1.54, 1.807) is 6.92 Å². The van der Waals surface area contributed by atoms with Gasteiger partial charge in [0.2, 0.25) is 0 Å². The van der Waals surface area contributed by atoms with Gasteiger partial charge in [-0.3, -0.25) is 0 Å². The number of amides is 2. The molecule has 1 aliphatic heterocycles. The summed E-state index contributed by atoms with van der Waals surface area (Å²) in [7, 11) is 0. The first-order valence-electron chi connectivity index (χ1n) is 8.87. The summed E-state index contributed by atoms with van der Waals surface area (Å²) < 4.78 is 5.02. The fourth-order valence-corrected chi connectivity index (χ4v) is 3.02. The highest BCUT2D eigenvalue weighted by molar-refractivity contribution is 5.90. The van der Waals surface area contributed by atoms with E-state index in [9.17, 15) is 4.79 Å². The van der Waals surface area contributed by atoms with E-state index in [1.165, 1.54) is 58.2 Å². The lowest BCUT2D eigenvalue weighted by molar-refractivity contribution is 0.251. The normalized spacial score (nSPS) is 15.0. The number of likely N-dealkylation sites (tertiary alicyclic amines) is 1. The van der Waals surface area contributed by atoms with Gasteiger partial charge in [0.15, 0.2) is 5.76 Å². The Morgan fingerprint density at radius 2 is 1.83 bits per heavy atom. The monoisotopic (exact) mass is 322 g/mol. The predicted molar refractivity (Wildman–Crippen MR) is 91.8 cm³/mol. The van der Waals surface area contributed by atoms with Crippen LogP contribution in [0.4, 0.5) is 10.5 Å². The van der Waals surface area contributed by atoms with E-state index in [4.69, 9.17) is 4.52 Å². The van der Waals surface area contributed by atoms with Crippen molar-refractivity contribution in [2.45, 2.75) is 58.8 Å². The molecule has 2 amide bonds. The lowest BCUT2D eigenvalue weighted by atomic mass is 10.1. The number of nitrogens with one attached hydrogen (secondary N) is 2. The van der Waals surface area contributed by atoms with Crippen molar-refractivity contribution in [1.29, 1.82) is 0 Å². The number of hydrogen-bond acceptors (Lipinski definition) is 4. The minimum absolute atomic E-state index is 0.187. The zero-order valence-electron chi connectivity index (χ0n) is 14.5. The average molecular weight is 322 g/mol. The van der Waals surface area contributed by atoms with Gasteiger partial charge in [0, 0.05) is 6.54 Å². The molecule has 0 spiro atoms. The second-order valence-corrected chi connectivity index (χ2v) is 6.40. The van der Waals surface area contributed by atoms with Gasteiger partial charge in [0.25, 0.3) is 0 Å². The highest BCUT2D eigenvalue weighted by atomic mass is 16.5. The van der Waals surface area contributed by atoms with Crippen LogP contribution in [-0.2, 0) is 0 Å². The number of carbonyl (C=O) groups excluding carboxylic acids is 1. The van der Waals surface area contributed by atoms with E-state index in [0.717, 1.165) is 6.42 Å². The van der Waals surface area contributed by atoms with Crippen molar-refractivity contribution >= 4 is 11.7 Å². The molecule has 1 fully saturated rings. The SMILES string of the molecule is Cc1noc(C)c1NC(=O)NCCCCCCCN1CCCC1. The highest BCUT2D eigenvalue weighted by Gasteiger charge is 2.12. The molecule has 0 saturated carbocycles. The van der Waals surface area contributed by atoms with Crippen LogP contribution in [0.2, 0.25) is 0 Å². The number of aromatic nitrogens is 1. The zero-order chi connectivity index (χ0) is 16.5. The fraction of sp³-hybridized carbons (Fsp3) is 0.765. The lowest BCUT2D eigenvalue weighted by Gasteiger charge is -2.13. The topological polar surface area (TPSA) is 70.4 Å². The minimum atomic E-state index is -0.187. The number of hydrogen-bond donors (Lipinski definition) is 2. The molecule has 130 valence electrons. The average Bonchev–Trinajstić information content (AvgIpc) is 3.15. The number of aryl methyl sites for hydroxylation is 2. The van der Waals surface area contributed by atoms with Crippen LogP contribution >= 0.6 is 0 Å². The molecule has 23 heavy (non-hydrogen) atoms. The molecule has 1 aliphatic rings. The standard InChI is InChI=1S/C17H30N4O2/c1-14-16(15(2)23-20-14)19-17(22)18-10-6-4-3-5-7-11-21-12-8-9-13-21/h3-13H2,1-2H3,(H2,18,19,22). The van der Waals surface area contributed by atoms with Crippen LogP contribution in [0, 0.1) is 13.8 Å². The maximum atomic E-state index is 11.8. The summed E-state index contributed by atoms with van der Waals surface area (Å²) in [5.41, 5.74) is 1.38. The molecule has 2 N–H and O–H groups in total. The third-order valence-electron chi connectivity index (χ3n) is 4.41. The van der Waals surface area contributed by atoms with Gasteiger partial charge in [0.1, 0.15) is 11.4 Å². The van der Waals surface area contributed by atoms with Crippen LogP contribution in [0.15, 0.2) is 4.52 Å². The predicted octanol–water partition coefficient (Wildman–Crippen LogP) is 3.46. The molecule has 0 bridgehead atoms. The van der Waals surface area contributed by atoms with E-state index < -0.39 is 0 Å². The second-order valence-electron chi connectivity index (χ2n) is 6.40. The number of unbranched alkanes of at least 4 members (excludes halogenated alkanes) is 4. The molecule has 0 radical (unpaired) electrons. The summed E-state index contributed by atoms with van der Waals surface area (Å²) in [5, 5.41) is 9.49. The molecule has 6 nitrogen and oxygen atoms in total. The van der Waals surface area contributed by atoms with Crippen molar-refractivity contribution < 1.29 is 9.32 Å². The van der Waals surface area contributed by atoms with Crippen molar-refractivity contribution in [1.82, 2.24) is 15.4 Å². The van der Waals surface area contributed by atoms with Crippen molar-refractivity contribution in [2.75, 3.05) is 31.5 Å². The molecule has 1 aromatic heterocycles. The molecule has 2 heterocycles. The molecule has 1 saturated heterocycles. The van der Waals surface area contributed by atoms with Gasteiger partial charge in [-0.2, -0.15) is 0 Å². The molecule has 0 aliphatic carbocycles. The van der Waals surface area contributed by atoms with E-state index in [1.807, 2.05) is 6.92 Å². The molecule has 2 rings (SSSR count). The summed E-state index contributed by atoms with van der Waals surface area (Å²) in [5.74, 6) is 0.635. The molecular weight excluding hydrogens is 292 g/mol. The molecule has 0 atom stereocenters. The molecular formula is C17H30N4O2. The summed E-state index contributed by atoms with van der Waals surface area (Å²) >= 11 is 0. The number of urea groups is 1. The quantitative estimate of drug-likeness (QED) is 0.683. The largest absolute Gasteiger partial charge is 0.359 e. The first kappa shape index (κ1) is 17.8. The van der Waals surface area contributed by atoms with Crippen LogP contribution < -0.4 is 10.6 Å². The van der Waals surface area contributed by atoms with E-state index in [2.05, 4.69) is 20.7 Å². The van der Waals surface area contributed by atoms with Gasteiger partial charge in [-0.05, 0) is 59.2 Å². The summed E-state index contributed by atoms with van der Waals surface area (Å²) in [6.45, 7) is 8.17. The Morgan fingerprint density at radius 3 is 2.52 bits per heavy atom. The van der Waals surface area contributed by atoms with Gasteiger partial charge < -0.3 is 20.1 Å². The van der Waals surface area contributed by atoms with Crippen molar-refractivity contribution in [3.63, 3.8) is 0 Å². The first-order chi connectivity index (χ1) is 11.2. The van der Waals surface area contributed by atoms with Crippen LogP contribution in [0.5, 0.6) is 0 Å². The van der Waals surface area contributed by atoms with E-state index in [0.29, 0.717) is 23.7 Å². The third-order valence-corrected chi connectivity index (χ3v) is 4.41. The smallest absolute Gasteiger partial charge is 0.319 e. The Labute approximate surface area is 139 Å². The van der Waals surface area contributed by atoms with Crippen molar-refractivity contribution in [2.24, 2.45) is 0 Å². The van der Waals surface area contributed by atoms with Crippen LogP contribution in [0.25, 0.3) is 0 Å². The number of carbonyl (C=O) groups is 1. The zero-order valence-corrected chi connectivity index (χ0v) is 14.5. The highest BCUT2D eigenvalue weighted by Crippen LogP contribution is 2.18. The van der Waals surface area contributed by atoms with Crippen molar-refractivity contribution in [3.8, 4) is 0 Å². The minimum Gasteiger partial charge on any atom is -0.359 e. The second kappa shape index (κ2) is 9.55. The summed E-state index contributed by atoms with van der Waals surface area (Å²) in [6.07, 6.45) is 8.80. The van der Waals surface area contributed by atoms with Gasteiger partial charge in [-0.25, -0.2) is 4.79 Å². The van der Waals surface area contributed by atoms with Crippen LogP contribution in [-0.4, -0.2) is 42.3 Å². The van der Waals surface area contributed by atoms with Crippen LogP contribution in [0.3, 0.4) is 0 Å². The Morgan fingerprint density at radius 1 is 1.13 bits per heavy atom. The first-order valence-corrected chi connectivity index (χ1v) is 8.87. The number of rotatable bonds is 9. The van der Waals surface area contributed by atoms with E-state index >= 15 is 0 Å². The third kappa shape index (κ3) is 6.22. The maximum absolute atomic E-state index is 11.8. The molecule has 6 heteroatoms. The fourth-order valence-electron chi connectivity index (χ4n) is 3.02. The van der Waals surface area contributed by atoms with E-state index in [-0.39, 0.29) is 6.03 Å². The Balaban J connectivity index is 1.45. The molecule has 1 aromatic rings. The van der Waals surface area contributed by atoms with Crippen LogP contribution in [0.1, 0.15) is 56.4 Å². The summed E-state index contributed by atoms with van der Waals surface area (Å²) in [6, 6.07) is -0.187. The number of anilines is 1. The number of nitrogens with zero attached hydrogens (tertiary/aromatic N) is 2. The molecule has 0 aromatic carbocycles. The van der Waals surface area contributed by atoms with Gasteiger partial charge in [-0.1, -0.05) is 24.4 Å². The van der Waals surface area contributed by atoms with Gasteiger partial charge >= 0.3 is 6.03 Å². The lowest BCUT2D eigenvalue weighted by Crippen LogP contribution is -2.29. The Kier molecular flexibility index (Phi) is 7.39. The van der Waals surface area contributed by atoms with Gasteiger partial charge in [0.05, 0.1) is 0 Å². The van der Waals surface area contributed by atoms with Crippen molar-refractivity contribution in [3.05, 3.63) is 11.5 Å². The Hall–Kier alpha value is -1.56. The van der Waals surface area contributed by atoms with Gasteiger partial charge in [-0.15, -0.1) is 0 Å². The molecule has 0 unspecified atom stereocenters. The summed E-state index contributed by atoms with van der Waals surface area (Å²) in [4.78, 5) is 14.4. The Bertz CT molecular complexity index is 461.